The van der Waals surface area contributed by atoms with Crippen LogP contribution in [-0.2, 0) is 10.3 Å². The molecule has 124 valence electrons. The maximum Gasteiger partial charge on any atom is 0.437 e. The highest BCUT2D eigenvalue weighted by Gasteiger charge is 2.38. The molecule has 0 aliphatic heterocycles. The molecule has 0 aliphatic rings. The highest BCUT2D eigenvalue weighted by Crippen LogP contribution is 2.33. The molecule has 2 rings (SSSR count). The molecule has 0 radical (unpaired) electrons. The van der Waals surface area contributed by atoms with Crippen LogP contribution in [0.4, 0.5) is 11.4 Å². The van der Waals surface area contributed by atoms with Crippen molar-refractivity contribution < 1.29 is 17.8 Å². The average Bonchev–Trinajstić information content (AvgIpc) is 2.91. The van der Waals surface area contributed by atoms with Crippen molar-refractivity contribution in [3.63, 3.8) is 0 Å². The van der Waals surface area contributed by atoms with Gasteiger partial charge in [0.25, 0.3) is 5.91 Å². The van der Waals surface area contributed by atoms with Crippen LogP contribution in [-0.4, -0.2) is 33.0 Å². The van der Waals surface area contributed by atoms with E-state index in [2.05, 4.69) is 5.32 Å². The van der Waals surface area contributed by atoms with Gasteiger partial charge in [-0.05, 0) is 23.6 Å². The summed E-state index contributed by atoms with van der Waals surface area (Å²) in [6.07, 6.45) is 0. The molecule has 0 aliphatic carbocycles. The Morgan fingerprint density at radius 3 is 2.43 bits per heavy atom. The third-order valence-electron chi connectivity index (χ3n) is 3.19. The largest absolute Gasteiger partial charge is 0.437 e. The van der Waals surface area contributed by atoms with E-state index in [1.807, 2.05) is 0 Å². The Morgan fingerprint density at radius 1 is 1.22 bits per heavy atom. The van der Waals surface area contributed by atoms with Gasteiger partial charge in [0.1, 0.15) is 0 Å². The summed E-state index contributed by atoms with van der Waals surface area (Å²) in [5.74, 6) is -0.511. The second kappa shape index (κ2) is 6.39. The molecule has 0 unspecified atom stereocenters. The van der Waals surface area contributed by atoms with Crippen LogP contribution in [0.2, 0.25) is 10.0 Å². The lowest BCUT2D eigenvalue weighted by atomic mass is 10.3. The van der Waals surface area contributed by atoms with E-state index in [-0.39, 0.29) is 15.6 Å². The van der Waals surface area contributed by atoms with E-state index in [4.69, 9.17) is 23.2 Å². The van der Waals surface area contributed by atoms with Crippen LogP contribution in [0, 0.1) is 0 Å². The summed E-state index contributed by atoms with van der Waals surface area (Å²) in [4.78, 5) is 12.6. The number of halogens is 2. The van der Waals surface area contributed by atoms with Crippen molar-refractivity contribution in [1.82, 2.24) is 3.89 Å². The maximum absolute atomic E-state index is 12.4. The molecule has 2 N–H and O–H groups in total. The number of nitrogens with one attached hydrogen (secondary N) is 1. The molecule has 10 heteroatoms. The van der Waals surface area contributed by atoms with Crippen LogP contribution >= 0.6 is 34.5 Å². The third-order valence-corrected chi connectivity index (χ3v) is 6.18. The van der Waals surface area contributed by atoms with E-state index in [0.29, 0.717) is 10.7 Å². The van der Waals surface area contributed by atoms with Gasteiger partial charge < -0.3 is 5.32 Å². The Morgan fingerprint density at radius 2 is 1.87 bits per heavy atom. The zero-order valence-corrected chi connectivity index (χ0v) is 15.2. The van der Waals surface area contributed by atoms with Gasteiger partial charge in [-0.15, -0.1) is 19.8 Å². The summed E-state index contributed by atoms with van der Waals surface area (Å²) >= 11 is 12.8. The minimum Gasteiger partial charge on any atom is -0.321 e. The van der Waals surface area contributed by atoms with Gasteiger partial charge in [0.2, 0.25) is 0 Å². The average molecular weight is 396 g/mol. The van der Waals surface area contributed by atoms with Crippen molar-refractivity contribution in [2.75, 3.05) is 19.4 Å². The van der Waals surface area contributed by atoms with Crippen LogP contribution < -0.4 is 9.21 Å². The normalized spacial score (nSPS) is 12.2. The Kier molecular flexibility index (Phi) is 5.05. The molecule has 1 aromatic carbocycles. The molecule has 0 saturated carbocycles. The highest BCUT2D eigenvalue weighted by molar-refractivity contribution is 7.85. The molecule has 2 aromatic rings. The molecular formula is C13H13Cl2N2O4S2+. The third kappa shape index (κ3) is 3.68. The predicted octanol–water partition coefficient (Wildman–Crippen LogP) is 3.68. The minimum absolute atomic E-state index is 0.162. The second-order valence-corrected chi connectivity index (χ2v) is 8.56. The summed E-state index contributed by atoms with van der Waals surface area (Å²) in [6.45, 7) is 0. The first-order valence-corrected chi connectivity index (χ1v) is 9.23. The van der Waals surface area contributed by atoms with Crippen LogP contribution in [0.3, 0.4) is 0 Å². The van der Waals surface area contributed by atoms with E-state index in [0.717, 1.165) is 11.3 Å². The number of hydrogen-bond donors (Lipinski definition) is 2. The second-order valence-electron chi connectivity index (χ2n) is 5.02. The number of thiophene rings is 1. The number of hydrogen-bond acceptors (Lipinski definition) is 4. The van der Waals surface area contributed by atoms with Gasteiger partial charge in [-0.1, -0.05) is 23.2 Å². The standard InChI is InChI=1S/C13H12Cl2N2O4S2/c1-17(2,23(19,20)21)11-5-6-22-12(11)13(18)16-8-3-4-9(14)10(15)7-8/h3-7H,1-2H3,(H-,16,18,19,20,21)/p+1. The van der Waals surface area contributed by atoms with Gasteiger partial charge in [0.05, 0.1) is 24.1 Å². The quantitative estimate of drug-likeness (QED) is 0.610. The van der Waals surface area contributed by atoms with Gasteiger partial charge in [-0.3, -0.25) is 4.79 Å². The smallest absolute Gasteiger partial charge is 0.321 e. The molecule has 1 aromatic heterocycles. The van der Waals surface area contributed by atoms with E-state index in [9.17, 15) is 17.8 Å². The fraction of sp³-hybridized carbons (Fsp3) is 0.154. The van der Waals surface area contributed by atoms with Crippen LogP contribution in [0.5, 0.6) is 0 Å². The van der Waals surface area contributed by atoms with Gasteiger partial charge in [-0.25, -0.2) is 4.55 Å². The molecule has 0 atom stereocenters. The molecule has 0 fully saturated rings. The lowest BCUT2D eigenvalue weighted by molar-refractivity contribution is 0.103. The zero-order chi connectivity index (χ0) is 17.4. The Hall–Kier alpha value is -1.16. The van der Waals surface area contributed by atoms with E-state index in [1.54, 1.807) is 11.4 Å². The Balaban J connectivity index is 2.35. The lowest BCUT2D eigenvalue weighted by Gasteiger charge is -2.23. The van der Waals surface area contributed by atoms with Gasteiger partial charge >= 0.3 is 10.3 Å². The van der Waals surface area contributed by atoms with Crippen molar-refractivity contribution in [3.8, 4) is 0 Å². The molecule has 6 nitrogen and oxygen atoms in total. The minimum atomic E-state index is -4.44. The number of amides is 1. The molecule has 1 amide bonds. The number of anilines is 1. The van der Waals surface area contributed by atoms with E-state index >= 15 is 0 Å². The summed E-state index contributed by atoms with van der Waals surface area (Å²) in [5.41, 5.74) is 0.580. The molecule has 0 spiro atoms. The number of quaternary nitrogens is 1. The van der Waals surface area contributed by atoms with Crippen LogP contribution in [0.25, 0.3) is 0 Å². The fourth-order valence-electron chi connectivity index (χ4n) is 1.78. The number of carbonyl (C=O) groups excluding carboxylic acids is 1. The Labute approximate surface area is 147 Å². The van der Waals surface area contributed by atoms with Crippen molar-refractivity contribution in [3.05, 3.63) is 44.6 Å². The SMILES string of the molecule is C[N+](C)(c1ccsc1C(=O)Nc1ccc(Cl)c(Cl)c1)S(=O)(=O)O. The molecule has 0 saturated heterocycles. The van der Waals surface area contributed by atoms with E-state index in [1.165, 1.54) is 32.3 Å². The van der Waals surface area contributed by atoms with Crippen molar-refractivity contribution in [2.45, 2.75) is 0 Å². The van der Waals surface area contributed by atoms with Crippen molar-refractivity contribution in [2.24, 2.45) is 0 Å². The van der Waals surface area contributed by atoms with Crippen molar-refractivity contribution in [1.29, 1.82) is 0 Å². The first kappa shape index (κ1) is 18.2. The topological polar surface area (TPSA) is 83.5 Å². The summed E-state index contributed by atoms with van der Waals surface area (Å²) < 4.78 is 31.6. The zero-order valence-electron chi connectivity index (χ0n) is 12.1. The molecular weight excluding hydrogens is 383 g/mol. The van der Waals surface area contributed by atoms with Crippen LogP contribution in [0.15, 0.2) is 29.6 Å². The summed E-state index contributed by atoms with van der Waals surface area (Å²) in [5, 5.41) is 4.83. The van der Waals surface area contributed by atoms with Crippen LogP contribution in [0.1, 0.15) is 9.67 Å². The fourth-order valence-corrected chi connectivity index (χ4v) is 3.45. The summed E-state index contributed by atoms with van der Waals surface area (Å²) in [7, 11) is -1.90. The first-order chi connectivity index (χ1) is 10.5. The van der Waals surface area contributed by atoms with Gasteiger partial charge in [0.15, 0.2) is 10.6 Å². The molecule has 23 heavy (non-hydrogen) atoms. The van der Waals surface area contributed by atoms with Gasteiger partial charge in [-0.2, -0.15) is 3.89 Å². The first-order valence-electron chi connectivity index (χ1n) is 6.20. The number of nitrogens with zero attached hydrogens (tertiary/aromatic N) is 1. The van der Waals surface area contributed by atoms with Gasteiger partial charge in [0, 0.05) is 11.8 Å². The Bertz CT molecular complexity index is 863. The lowest BCUT2D eigenvalue weighted by Crippen LogP contribution is -2.46. The van der Waals surface area contributed by atoms with E-state index < -0.39 is 20.1 Å². The molecule has 1 heterocycles. The number of rotatable bonds is 4. The molecule has 0 bridgehead atoms. The highest BCUT2D eigenvalue weighted by atomic mass is 35.5. The number of benzene rings is 1. The predicted molar refractivity (Wildman–Crippen MR) is 93.9 cm³/mol. The maximum atomic E-state index is 12.4. The van der Waals surface area contributed by atoms with Crippen molar-refractivity contribution >= 4 is 62.1 Å². The number of carbonyl (C=O) groups is 1. The summed E-state index contributed by atoms with van der Waals surface area (Å²) in [6, 6.07) is 6.06. The monoisotopic (exact) mass is 395 g/mol.